The number of carbonyl (C=O) groups excluding carboxylic acids is 3. The van der Waals surface area contributed by atoms with E-state index < -0.39 is 11.6 Å². The highest BCUT2D eigenvalue weighted by Gasteiger charge is 2.52. The maximum absolute atomic E-state index is 12.9. The summed E-state index contributed by atoms with van der Waals surface area (Å²) in [5.74, 6) is -0.0882. The van der Waals surface area contributed by atoms with E-state index >= 15 is 0 Å². The Morgan fingerprint density at radius 1 is 1.18 bits per heavy atom. The van der Waals surface area contributed by atoms with Crippen LogP contribution in [0.25, 0.3) is 0 Å². The van der Waals surface area contributed by atoms with Gasteiger partial charge in [0.05, 0.1) is 0 Å². The van der Waals surface area contributed by atoms with Crippen LogP contribution in [0, 0.1) is 5.92 Å². The van der Waals surface area contributed by atoms with Crippen LogP contribution in [0.4, 0.5) is 10.5 Å². The maximum Gasteiger partial charge on any atom is 0.325 e. The van der Waals surface area contributed by atoms with Gasteiger partial charge in [0.2, 0.25) is 5.91 Å². The fourth-order valence-corrected chi connectivity index (χ4v) is 3.96. The van der Waals surface area contributed by atoms with Crippen molar-refractivity contribution in [3.05, 3.63) is 29.8 Å². The summed E-state index contributed by atoms with van der Waals surface area (Å²) in [6.45, 7) is 8.67. The monoisotopic (exact) mass is 386 g/mol. The number of hydrogen-bond donors (Lipinski definition) is 2. The number of aryl methyl sites for hydroxylation is 1. The predicted molar refractivity (Wildman–Crippen MR) is 108 cm³/mol. The Labute approximate surface area is 166 Å². The van der Waals surface area contributed by atoms with Crippen LogP contribution in [-0.2, 0) is 16.0 Å². The van der Waals surface area contributed by atoms with Crippen molar-refractivity contribution < 1.29 is 14.4 Å². The molecule has 0 unspecified atom stereocenters. The summed E-state index contributed by atoms with van der Waals surface area (Å²) in [6, 6.07) is 7.08. The molecule has 1 aromatic carbocycles. The number of amides is 4. The first-order valence-electron chi connectivity index (χ1n) is 10.1. The molecule has 0 aliphatic carbocycles. The Hall–Kier alpha value is -2.41. The third-order valence-electron chi connectivity index (χ3n) is 5.53. The molecule has 2 N–H and O–H groups in total. The largest absolute Gasteiger partial charge is 0.325 e. The molecule has 2 aliphatic heterocycles. The minimum atomic E-state index is -0.854. The lowest BCUT2D eigenvalue weighted by Crippen LogP contribution is -2.55. The van der Waals surface area contributed by atoms with Crippen LogP contribution in [0.2, 0.25) is 0 Å². The molecule has 0 aromatic heterocycles. The second-order valence-electron chi connectivity index (χ2n) is 8.20. The summed E-state index contributed by atoms with van der Waals surface area (Å²) in [5, 5.41) is 5.62. The highest BCUT2D eigenvalue weighted by Crippen LogP contribution is 2.29. The number of likely N-dealkylation sites (tertiary alicyclic amines) is 1. The Bertz CT molecular complexity index is 737. The molecule has 2 aliphatic rings. The lowest BCUT2D eigenvalue weighted by Gasteiger charge is -2.37. The van der Waals surface area contributed by atoms with E-state index in [2.05, 4.69) is 36.3 Å². The summed E-state index contributed by atoms with van der Waals surface area (Å²) in [4.78, 5) is 41.1. The lowest BCUT2D eigenvalue weighted by atomic mass is 9.87. The Balaban J connectivity index is 1.58. The highest BCUT2D eigenvalue weighted by molar-refractivity contribution is 6.10. The van der Waals surface area contributed by atoms with Crippen molar-refractivity contribution in [2.45, 2.75) is 45.6 Å². The van der Waals surface area contributed by atoms with E-state index in [1.54, 1.807) is 0 Å². The van der Waals surface area contributed by atoms with Gasteiger partial charge in [-0.25, -0.2) is 4.79 Å². The number of nitrogens with one attached hydrogen (secondary N) is 2. The average molecular weight is 386 g/mol. The number of hydrogen-bond acceptors (Lipinski definition) is 4. The first-order chi connectivity index (χ1) is 13.3. The number of nitrogens with zero attached hydrogens (tertiary/aromatic N) is 2. The molecule has 7 nitrogen and oxygen atoms in total. The van der Waals surface area contributed by atoms with Crippen molar-refractivity contribution in [3.8, 4) is 0 Å². The van der Waals surface area contributed by atoms with Crippen LogP contribution in [0.5, 0.6) is 0 Å². The zero-order valence-corrected chi connectivity index (χ0v) is 17.0. The first-order valence-corrected chi connectivity index (χ1v) is 10.1. The molecule has 0 bridgehead atoms. The molecule has 0 radical (unpaired) electrons. The Kier molecular flexibility index (Phi) is 6.03. The summed E-state index contributed by atoms with van der Waals surface area (Å²) in [5.41, 5.74) is 0.983. The molecule has 3 rings (SSSR count). The minimum Gasteiger partial charge on any atom is -0.325 e. The first kappa shape index (κ1) is 20.3. The summed E-state index contributed by atoms with van der Waals surface area (Å²) in [6.07, 6.45) is 2.09. The van der Waals surface area contributed by atoms with E-state index in [9.17, 15) is 14.4 Å². The number of piperidine rings is 1. The van der Waals surface area contributed by atoms with Gasteiger partial charge in [-0.1, -0.05) is 32.9 Å². The van der Waals surface area contributed by atoms with Crippen LogP contribution < -0.4 is 10.6 Å². The van der Waals surface area contributed by atoms with Crippen molar-refractivity contribution in [2.75, 3.05) is 31.5 Å². The fourth-order valence-electron chi connectivity index (χ4n) is 3.96. The topological polar surface area (TPSA) is 81.8 Å². The second kappa shape index (κ2) is 8.31. The quantitative estimate of drug-likeness (QED) is 0.735. The molecule has 152 valence electrons. The molecule has 28 heavy (non-hydrogen) atoms. The smallest absolute Gasteiger partial charge is 0.325 e. The number of rotatable bonds is 6. The molecule has 1 spiro atoms. The van der Waals surface area contributed by atoms with Gasteiger partial charge >= 0.3 is 6.03 Å². The lowest BCUT2D eigenvalue weighted by molar-refractivity contribution is -0.135. The van der Waals surface area contributed by atoms with E-state index in [-0.39, 0.29) is 18.4 Å². The zero-order valence-electron chi connectivity index (χ0n) is 17.0. The molecule has 2 saturated heterocycles. The maximum atomic E-state index is 12.9. The normalized spacial score (nSPS) is 19.4. The summed E-state index contributed by atoms with van der Waals surface area (Å²) >= 11 is 0. The van der Waals surface area contributed by atoms with Gasteiger partial charge in [-0.2, -0.15) is 0 Å². The van der Waals surface area contributed by atoms with Gasteiger partial charge < -0.3 is 15.5 Å². The van der Waals surface area contributed by atoms with E-state index in [4.69, 9.17) is 0 Å². The van der Waals surface area contributed by atoms with E-state index in [1.165, 1.54) is 5.56 Å². The number of anilines is 1. The number of carbonyl (C=O) groups is 3. The summed E-state index contributed by atoms with van der Waals surface area (Å²) in [7, 11) is 0. The third kappa shape index (κ3) is 4.35. The average Bonchev–Trinajstić information content (AvgIpc) is 2.88. The molecule has 1 aromatic rings. The number of urea groups is 1. The van der Waals surface area contributed by atoms with E-state index in [0.717, 1.165) is 31.0 Å². The molecule has 7 heteroatoms. The fraction of sp³-hybridized carbons (Fsp3) is 0.571. The molecule has 4 amide bonds. The third-order valence-corrected chi connectivity index (χ3v) is 5.53. The van der Waals surface area contributed by atoms with Gasteiger partial charge in [0.15, 0.2) is 0 Å². The van der Waals surface area contributed by atoms with Crippen molar-refractivity contribution in [3.63, 3.8) is 0 Å². The summed E-state index contributed by atoms with van der Waals surface area (Å²) < 4.78 is 0. The predicted octanol–water partition coefficient (Wildman–Crippen LogP) is 2.23. The highest BCUT2D eigenvalue weighted by atomic mass is 16.2. The van der Waals surface area contributed by atoms with Gasteiger partial charge in [0, 0.05) is 25.3 Å². The zero-order chi connectivity index (χ0) is 20.3. The molecular weight excluding hydrogens is 356 g/mol. The van der Waals surface area contributed by atoms with Crippen molar-refractivity contribution >= 4 is 23.5 Å². The van der Waals surface area contributed by atoms with Crippen molar-refractivity contribution in [2.24, 2.45) is 5.92 Å². The van der Waals surface area contributed by atoms with Crippen molar-refractivity contribution in [1.82, 2.24) is 15.1 Å². The van der Waals surface area contributed by atoms with Gasteiger partial charge in [-0.15, -0.1) is 0 Å². The molecular formula is C21H30N4O3. The molecule has 2 heterocycles. The number of imide groups is 1. The van der Waals surface area contributed by atoms with E-state index in [1.807, 2.05) is 24.3 Å². The Morgan fingerprint density at radius 3 is 2.39 bits per heavy atom. The van der Waals surface area contributed by atoms with Crippen LogP contribution >= 0.6 is 0 Å². The number of benzene rings is 1. The van der Waals surface area contributed by atoms with Crippen LogP contribution in [0.3, 0.4) is 0 Å². The molecule has 2 fully saturated rings. The molecule has 0 saturated carbocycles. The standard InChI is InChI=1S/C21H30N4O3/c1-4-16-5-7-17(8-6-16)22-18(26)14-25-19(27)21(23-20(25)28)9-11-24(12-10-21)13-15(2)3/h5-8,15H,4,9-14H2,1-3H3,(H,22,26)(H,23,28). The van der Waals surface area contributed by atoms with Gasteiger partial charge in [-0.05, 0) is 42.9 Å². The second-order valence-corrected chi connectivity index (χ2v) is 8.20. The van der Waals surface area contributed by atoms with E-state index in [0.29, 0.717) is 24.4 Å². The molecule has 0 atom stereocenters. The Morgan fingerprint density at radius 2 is 1.82 bits per heavy atom. The van der Waals surface area contributed by atoms with Crippen LogP contribution in [0.15, 0.2) is 24.3 Å². The van der Waals surface area contributed by atoms with Crippen LogP contribution in [-0.4, -0.2) is 59.4 Å². The van der Waals surface area contributed by atoms with Crippen LogP contribution in [0.1, 0.15) is 39.2 Å². The van der Waals surface area contributed by atoms with Gasteiger partial charge in [0.25, 0.3) is 5.91 Å². The minimum absolute atomic E-state index is 0.266. The SMILES string of the molecule is CCc1ccc(NC(=O)CN2C(=O)NC3(CCN(CC(C)C)CC3)C2=O)cc1. The van der Waals surface area contributed by atoms with Crippen molar-refractivity contribution in [1.29, 1.82) is 0 Å². The van der Waals surface area contributed by atoms with Gasteiger partial charge in [-0.3, -0.25) is 14.5 Å². The van der Waals surface area contributed by atoms with Gasteiger partial charge in [0.1, 0.15) is 12.1 Å².